The topological polar surface area (TPSA) is 129 Å². The van der Waals surface area contributed by atoms with Crippen LogP contribution in [0.3, 0.4) is 0 Å². The maximum absolute atomic E-state index is 13.0. The molecule has 0 atom stereocenters. The van der Waals surface area contributed by atoms with Crippen LogP contribution in [0.1, 0.15) is 13.8 Å². The van der Waals surface area contributed by atoms with Crippen LogP contribution in [0.15, 0.2) is 23.1 Å². The van der Waals surface area contributed by atoms with Gasteiger partial charge in [-0.1, -0.05) is 0 Å². The van der Waals surface area contributed by atoms with E-state index in [0.717, 1.165) is 0 Å². The van der Waals surface area contributed by atoms with E-state index in [1.54, 1.807) is 19.9 Å². The third-order valence-corrected chi connectivity index (χ3v) is 5.21. The van der Waals surface area contributed by atoms with Gasteiger partial charge < -0.3 is 24.2 Å². The first-order valence-corrected chi connectivity index (χ1v) is 8.57. The highest BCUT2D eigenvalue weighted by Crippen LogP contribution is 2.49. The second kappa shape index (κ2) is 6.11. The van der Waals surface area contributed by atoms with Gasteiger partial charge in [0.15, 0.2) is 23.0 Å². The van der Waals surface area contributed by atoms with E-state index in [1.165, 1.54) is 12.6 Å². The van der Waals surface area contributed by atoms with Gasteiger partial charge in [-0.3, -0.25) is 4.57 Å². The van der Waals surface area contributed by atoms with Crippen LogP contribution in [-0.4, -0.2) is 33.1 Å². The van der Waals surface area contributed by atoms with Gasteiger partial charge in [0.1, 0.15) is 17.1 Å². The highest BCUT2D eigenvalue weighted by atomic mass is 31.2. The SMILES string of the molecule is CCOP(=O)(OCC)c1ccoc1-c1nc2ncnc(N)c2[nH]1. The lowest BCUT2D eigenvalue weighted by Crippen LogP contribution is -2.11. The van der Waals surface area contributed by atoms with Crippen molar-refractivity contribution in [3.8, 4) is 11.6 Å². The lowest BCUT2D eigenvalue weighted by atomic mass is 10.4. The monoisotopic (exact) mass is 337 g/mol. The molecule has 3 aromatic rings. The Bertz CT molecular complexity index is 864. The summed E-state index contributed by atoms with van der Waals surface area (Å²) in [4.78, 5) is 15.2. The number of hydrogen-bond donors (Lipinski definition) is 2. The zero-order valence-corrected chi connectivity index (χ0v) is 13.5. The zero-order valence-electron chi connectivity index (χ0n) is 12.6. The maximum Gasteiger partial charge on any atom is 0.365 e. The Morgan fingerprint density at radius 2 is 2.04 bits per heavy atom. The average Bonchev–Trinajstić information content (AvgIpc) is 3.15. The number of nitrogens with zero attached hydrogens (tertiary/aromatic N) is 3. The zero-order chi connectivity index (χ0) is 16.4. The molecule has 0 bridgehead atoms. The number of nitrogens with two attached hydrogens (primary N) is 1. The molecule has 0 saturated carbocycles. The predicted molar refractivity (Wildman–Crippen MR) is 84.3 cm³/mol. The molecule has 122 valence electrons. The van der Waals surface area contributed by atoms with Crippen molar-refractivity contribution < 1.29 is 18.0 Å². The summed E-state index contributed by atoms with van der Waals surface area (Å²) in [5.41, 5.74) is 6.65. The number of fused-ring (bicyclic) bond motifs is 1. The van der Waals surface area contributed by atoms with E-state index in [0.29, 0.717) is 22.3 Å². The molecule has 0 fully saturated rings. The van der Waals surface area contributed by atoms with Gasteiger partial charge in [-0.05, 0) is 19.9 Å². The molecule has 0 aromatic carbocycles. The van der Waals surface area contributed by atoms with E-state index < -0.39 is 7.60 Å². The van der Waals surface area contributed by atoms with E-state index in [1.807, 2.05) is 0 Å². The molecule has 0 saturated heterocycles. The Hall–Kier alpha value is -2.22. The van der Waals surface area contributed by atoms with Crippen LogP contribution in [0.2, 0.25) is 0 Å². The number of imidazole rings is 1. The average molecular weight is 337 g/mol. The molecule has 9 nitrogen and oxygen atoms in total. The van der Waals surface area contributed by atoms with Crippen molar-refractivity contribution in [1.82, 2.24) is 19.9 Å². The van der Waals surface area contributed by atoms with E-state index in [4.69, 9.17) is 19.2 Å². The van der Waals surface area contributed by atoms with Crippen molar-refractivity contribution in [3.05, 3.63) is 18.7 Å². The highest BCUT2D eigenvalue weighted by Gasteiger charge is 2.33. The van der Waals surface area contributed by atoms with Crippen molar-refractivity contribution in [2.75, 3.05) is 18.9 Å². The van der Waals surface area contributed by atoms with Gasteiger partial charge in [0.2, 0.25) is 0 Å². The standard InChI is InChI=1S/C13H16N5O4P/c1-3-21-23(19,22-4-2)8-5-6-20-10(8)13-17-9-11(14)15-7-16-12(9)18-13/h5-7H,3-4H2,1-2H3,(H3,14,15,16,17,18). The minimum Gasteiger partial charge on any atom is -0.460 e. The molecule has 0 spiro atoms. The Kier molecular flexibility index (Phi) is 4.16. The minimum atomic E-state index is -3.50. The summed E-state index contributed by atoms with van der Waals surface area (Å²) < 4.78 is 29.1. The number of H-pyrrole nitrogens is 1. The fourth-order valence-electron chi connectivity index (χ4n) is 2.17. The van der Waals surface area contributed by atoms with E-state index in [9.17, 15) is 4.57 Å². The van der Waals surface area contributed by atoms with Gasteiger partial charge in [-0.15, -0.1) is 0 Å². The number of hydrogen-bond acceptors (Lipinski definition) is 8. The molecular weight excluding hydrogens is 321 g/mol. The van der Waals surface area contributed by atoms with Crippen molar-refractivity contribution in [3.63, 3.8) is 0 Å². The summed E-state index contributed by atoms with van der Waals surface area (Å²) in [7, 11) is -3.50. The van der Waals surface area contributed by atoms with Crippen LogP contribution >= 0.6 is 7.60 Å². The van der Waals surface area contributed by atoms with Gasteiger partial charge in [0, 0.05) is 0 Å². The first kappa shape index (κ1) is 15.7. The number of aromatic nitrogens is 4. The summed E-state index contributed by atoms with van der Waals surface area (Å²) in [6.07, 6.45) is 2.72. The van der Waals surface area contributed by atoms with Crippen LogP contribution in [0, 0.1) is 0 Å². The molecule has 0 radical (unpaired) electrons. The molecule has 0 aliphatic heterocycles. The first-order chi connectivity index (χ1) is 11.1. The van der Waals surface area contributed by atoms with Crippen LogP contribution < -0.4 is 11.0 Å². The summed E-state index contributed by atoms with van der Waals surface area (Å²) >= 11 is 0. The van der Waals surface area contributed by atoms with Gasteiger partial charge in [0.25, 0.3) is 0 Å². The Balaban J connectivity index is 2.12. The minimum absolute atomic E-state index is 0.237. The highest BCUT2D eigenvalue weighted by molar-refractivity contribution is 7.62. The van der Waals surface area contributed by atoms with E-state index in [-0.39, 0.29) is 24.8 Å². The second-order valence-electron chi connectivity index (χ2n) is 4.51. The van der Waals surface area contributed by atoms with Gasteiger partial charge in [-0.2, -0.15) is 0 Å². The van der Waals surface area contributed by atoms with Crippen molar-refractivity contribution in [1.29, 1.82) is 0 Å². The van der Waals surface area contributed by atoms with Crippen molar-refractivity contribution >= 4 is 29.9 Å². The summed E-state index contributed by atoms with van der Waals surface area (Å²) in [6, 6.07) is 1.55. The molecule has 0 aliphatic carbocycles. The van der Waals surface area contributed by atoms with E-state index >= 15 is 0 Å². The smallest absolute Gasteiger partial charge is 0.365 e. The third-order valence-electron chi connectivity index (χ3n) is 3.07. The third kappa shape index (κ3) is 2.74. The Morgan fingerprint density at radius 1 is 1.30 bits per heavy atom. The van der Waals surface area contributed by atoms with E-state index in [2.05, 4.69) is 19.9 Å². The molecular formula is C13H16N5O4P. The van der Waals surface area contributed by atoms with Crippen LogP contribution in [0.25, 0.3) is 22.7 Å². The Labute approximate surface area is 131 Å². The summed E-state index contributed by atoms with van der Waals surface area (Å²) in [5.74, 6) is 0.846. The summed E-state index contributed by atoms with van der Waals surface area (Å²) in [5, 5.41) is 0.298. The quantitative estimate of drug-likeness (QED) is 0.654. The number of rotatable bonds is 6. The Morgan fingerprint density at radius 3 is 2.70 bits per heavy atom. The largest absolute Gasteiger partial charge is 0.460 e. The lowest BCUT2D eigenvalue weighted by molar-refractivity contribution is 0.230. The predicted octanol–water partition coefficient (Wildman–Crippen LogP) is 2.09. The molecule has 3 aromatic heterocycles. The lowest BCUT2D eigenvalue weighted by Gasteiger charge is -2.16. The molecule has 23 heavy (non-hydrogen) atoms. The van der Waals surface area contributed by atoms with Crippen molar-refractivity contribution in [2.24, 2.45) is 0 Å². The molecule has 3 rings (SSSR count). The number of nitrogen functional groups attached to an aromatic ring is 1. The van der Waals surface area contributed by atoms with Crippen LogP contribution in [0.5, 0.6) is 0 Å². The number of anilines is 1. The first-order valence-electron chi connectivity index (χ1n) is 7.02. The molecule has 0 aliphatic rings. The van der Waals surface area contributed by atoms with Crippen LogP contribution in [-0.2, 0) is 13.6 Å². The van der Waals surface area contributed by atoms with Gasteiger partial charge in [-0.25, -0.2) is 15.0 Å². The van der Waals surface area contributed by atoms with Gasteiger partial charge in [0.05, 0.1) is 19.5 Å². The number of aromatic amines is 1. The maximum atomic E-state index is 13.0. The fourth-order valence-corrected chi connectivity index (χ4v) is 3.85. The molecule has 10 heteroatoms. The number of furan rings is 1. The molecule has 3 N–H and O–H groups in total. The second-order valence-corrected chi connectivity index (χ2v) is 6.50. The fraction of sp³-hybridized carbons (Fsp3) is 0.308. The van der Waals surface area contributed by atoms with Crippen molar-refractivity contribution in [2.45, 2.75) is 13.8 Å². The molecule has 3 heterocycles. The molecule has 0 amide bonds. The van der Waals surface area contributed by atoms with Crippen LogP contribution in [0.4, 0.5) is 5.82 Å². The molecule has 0 unspecified atom stereocenters. The summed E-state index contributed by atoms with van der Waals surface area (Å²) in [6.45, 7) is 3.95. The van der Waals surface area contributed by atoms with Gasteiger partial charge >= 0.3 is 7.60 Å². The normalized spacial score (nSPS) is 12.1. The number of nitrogens with one attached hydrogen (secondary N) is 1.